The highest BCUT2D eigenvalue weighted by Gasteiger charge is 2.43. The maximum absolute atomic E-state index is 15.7. The van der Waals surface area contributed by atoms with E-state index < -0.39 is 17.9 Å². The van der Waals surface area contributed by atoms with Gasteiger partial charge in [0.2, 0.25) is 5.91 Å². The molecule has 0 unspecified atom stereocenters. The average Bonchev–Trinajstić information content (AvgIpc) is 3.18. The molecule has 7 nitrogen and oxygen atoms in total. The molecule has 14 heteroatoms. The standard InChI is InChI=1S/C23H21ClF2N6OS.3ClH/c1-31-4-6-32(7-5-31)21-19(26)18(24)17(13-10-27-30-20(13)21)11-2-3-15-16(8-11)34-23(28-15)29-22(33)12-9-14(12)25;;;/h2-3,8,10,12,14H,4-7,9H2,1H3,(H,27,30)(H,28,29,33);3*1H/t12-,14+;;;/m1.../s1. The number of thiazole rings is 1. The van der Waals surface area contributed by atoms with Crippen molar-refractivity contribution >= 4 is 98.0 Å². The number of nitrogens with zero attached hydrogens (tertiary/aromatic N) is 4. The molecule has 2 aromatic heterocycles. The number of piperazine rings is 1. The van der Waals surface area contributed by atoms with Gasteiger partial charge in [0.1, 0.15) is 11.9 Å². The van der Waals surface area contributed by atoms with Crippen molar-refractivity contribution in [2.45, 2.75) is 12.6 Å². The van der Waals surface area contributed by atoms with Gasteiger partial charge in [-0.15, -0.1) is 37.2 Å². The number of carbonyl (C=O) groups excluding carboxylic acids is 1. The number of rotatable bonds is 4. The molecule has 3 heterocycles. The third kappa shape index (κ3) is 5.32. The lowest BCUT2D eigenvalue weighted by Crippen LogP contribution is -2.45. The quantitative estimate of drug-likeness (QED) is 0.298. The molecule has 2 aliphatic rings. The van der Waals surface area contributed by atoms with Crippen LogP contribution in [0.25, 0.3) is 32.2 Å². The Labute approximate surface area is 239 Å². The normalized spacial score (nSPS) is 19.2. The third-order valence-corrected chi connectivity index (χ3v) is 7.83. The first-order valence-corrected chi connectivity index (χ1v) is 12.2. The van der Waals surface area contributed by atoms with Gasteiger partial charge in [-0.25, -0.2) is 13.8 Å². The highest BCUT2D eigenvalue weighted by Crippen LogP contribution is 2.44. The number of nitrogens with one attached hydrogen (secondary N) is 2. The van der Waals surface area contributed by atoms with Crippen LogP contribution in [-0.4, -0.2) is 65.4 Å². The third-order valence-electron chi connectivity index (χ3n) is 6.54. The van der Waals surface area contributed by atoms with Crippen LogP contribution in [0.3, 0.4) is 0 Å². The molecular formula is C23H24Cl4F2N6OS. The number of anilines is 2. The molecule has 1 saturated heterocycles. The Morgan fingerprint density at radius 2 is 1.92 bits per heavy atom. The lowest BCUT2D eigenvalue weighted by Gasteiger charge is -2.34. The zero-order chi connectivity index (χ0) is 23.6. The lowest BCUT2D eigenvalue weighted by molar-refractivity contribution is -0.117. The Balaban J connectivity index is 0.00000127. The van der Waals surface area contributed by atoms with Crippen LogP contribution in [0, 0.1) is 11.7 Å². The first-order valence-electron chi connectivity index (χ1n) is 11.0. The number of carbonyl (C=O) groups is 1. The van der Waals surface area contributed by atoms with E-state index in [0.29, 0.717) is 40.5 Å². The van der Waals surface area contributed by atoms with E-state index in [2.05, 4.69) is 25.4 Å². The van der Waals surface area contributed by atoms with Gasteiger partial charge >= 0.3 is 0 Å². The smallest absolute Gasteiger partial charge is 0.232 e. The fraction of sp³-hybridized carbons (Fsp3) is 0.348. The van der Waals surface area contributed by atoms with Crippen molar-refractivity contribution in [2.75, 3.05) is 43.4 Å². The van der Waals surface area contributed by atoms with Crippen LogP contribution in [0.4, 0.5) is 19.6 Å². The van der Waals surface area contributed by atoms with Gasteiger partial charge in [0.05, 0.1) is 32.9 Å². The number of H-pyrrole nitrogens is 1. The predicted octanol–water partition coefficient (Wildman–Crippen LogP) is 5.95. The van der Waals surface area contributed by atoms with Crippen molar-refractivity contribution in [2.24, 2.45) is 5.92 Å². The predicted molar refractivity (Wildman–Crippen MR) is 153 cm³/mol. The van der Waals surface area contributed by atoms with Gasteiger partial charge in [-0.2, -0.15) is 5.10 Å². The average molecular weight is 612 g/mol. The Bertz CT molecular complexity index is 1440. The maximum Gasteiger partial charge on any atom is 0.232 e. The first kappa shape index (κ1) is 29.6. The van der Waals surface area contributed by atoms with Crippen LogP contribution in [0.15, 0.2) is 24.4 Å². The van der Waals surface area contributed by atoms with E-state index in [1.165, 1.54) is 11.3 Å². The van der Waals surface area contributed by atoms with Crippen molar-refractivity contribution in [1.29, 1.82) is 0 Å². The molecule has 0 spiro atoms. The van der Waals surface area contributed by atoms with E-state index in [1.807, 2.05) is 24.1 Å². The monoisotopic (exact) mass is 610 g/mol. The molecule has 2 N–H and O–H groups in total. The molecule has 1 saturated carbocycles. The number of benzene rings is 2. The van der Waals surface area contributed by atoms with Gasteiger partial charge in [-0.05, 0) is 31.2 Å². The number of hydrogen-bond donors (Lipinski definition) is 2. The number of amides is 1. The highest BCUT2D eigenvalue weighted by atomic mass is 35.5. The highest BCUT2D eigenvalue weighted by molar-refractivity contribution is 7.22. The van der Waals surface area contributed by atoms with E-state index in [4.69, 9.17) is 11.6 Å². The van der Waals surface area contributed by atoms with Gasteiger partial charge in [0.15, 0.2) is 10.9 Å². The molecule has 2 fully saturated rings. The van der Waals surface area contributed by atoms with Crippen LogP contribution in [-0.2, 0) is 4.79 Å². The summed E-state index contributed by atoms with van der Waals surface area (Å²) in [6.07, 6.45) is 0.862. The van der Waals surface area contributed by atoms with Crippen molar-refractivity contribution in [1.82, 2.24) is 20.1 Å². The number of aromatic nitrogens is 3. The fourth-order valence-electron chi connectivity index (χ4n) is 4.47. The summed E-state index contributed by atoms with van der Waals surface area (Å²) >= 11 is 7.92. The number of aromatic amines is 1. The first-order chi connectivity index (χ1) is 16.4. The molecule has 1 amide bonds. The SMILES string of the molecule is CN1CCN(c2c(F)c(Cl)c(-c3ccc4nc(NC(=O)[C@@H]5C[C@@H]5F)sc4c3)c3cn[nH]c23)CC1.Cl.Cl.Cl. The summed E-state index contributed by atoms with van der Waals surface area (Å²) in [5.74, 6) is -1.41. The Kier molecular flexibility index (Phi) is 9.14. The summed E-state index contributed by atoms with van der Waals surface area (Å²) in [5.41, 5.74) is 3.03. The Morgan fingerprint density at radius 1 is 1.22 bits per heavy atom. The molecule has 1 aliphatic carbocycles. The minimum absolute atomic E-state index is 0. The number of fused-ring (bicyclic) bond motifs is 2. The molecule has 6 rings (SSSR count). The van der Waals surface area contributed by atoms with Gasteiger partial charge in [-0.1, -0.05) is 29.0 Å². The van der Waals surface area contributed by atoms with E-state index in [0.717, 1.165) is 28.7 Å². The van der Waals surface area contributed by atoms with Crippen LogP contribution >= 0.6 is 60.2 Å². The summed E-state index contributed by atoms with van der Waals surface area (Å²) in [4.78, 5) is 20.7. The van der Waals surface area contributed by atoms with E-state index in [9.17, 15) is 9.18 Å². The van der Waals surface area contributed by atoms with Crippen LogP contribution in [0.2, 0.25) is 5.02 Å². The zero-order valence-corrected chi connectivity index (χ0v) is 23.5. The van der Waals surface area contributed by atoms with Crippen molar-refractivity contribution in [3.63, 3.8) is 0 Å². The maximum atomic E-state index is 15.7. The Morgan fingerprint density at radius 3 is 2.59 bits per heavy atom. The van der Waals surface area contributed by atoms with Gasteiger partial charge in [0, 0.05) is 37.1 Å². The largest absolute Gasteiger partial charge is 0.365 e. The van der Waals surface area contributed by atoms with Gasteiger partial charge in [-0.3, -0.25) is 9.89 Å². The fourth-order valence-corrected chi connectivity index (χ4v) is 5.68. The molecule has 2 atom stereocenters. The summed E-state index contributed by atoms with van der Waals surface area (Å²) < 4.78 is 29.7. The molecule has 2 aromatic carbocycles. The Hall–Kier alpha value is -1.95. The van der Waals surface area contributed by atoms with Crippen molar-refractivity contribution in [3.05, 3.63) is 35.2 Å². The summed E-state index contributed by atoms with van der Waals surface area (Å²) in [6.45, 7) is 3.06. The minimum atomic E-state index is -1.07. The topological polar surface area (TPSA) is 77.2 Å². The molecule has 0 bridgehead atoms. The molecule has 37 heavy (non-hydrogen) atoms. The van der Waals surface area contributed by atoms with Crippen LogP contribution in [0.1, 0.15) is 6.42 Å². The molecular weight excluding hydrogens is 588 g/mol. The lowest BCUT2D eigenvalue weighted by atomic mass is 9.99. The zero-order valence-electron chi connectivity index (χ0n) is 19.5. The minimum Gasteiger partial charge on any atom is -0.365 e. The summed E-state index contributed by atoms with van der Waals surface area (Å²) in [6, 6.07) is 5.51. The van der Waals surface area contributed by atoms with E-state index in [-0.39, 0.29) is 54.6 Å². The summed E-state index contributed by atoms with van der Waals surface area (Å²) in [5, 5.41) is 11.0. The van der Waals surface area contributed by atoms with Crippen LogP contribution < -0.4 is 10.2 Å². The van der Waals surface area contributed by atoms with Crippen molar-refractivity contribution < 1.29 is 13.6 Å². The van der Waals surface area contributed by atoms with Crippen LogP contribution in [0.5, 0.6) is 0 Å². The number of alkyl halides is 1. The van der Waals surface area contributed by atoms with E-state index >= 15 is 4.39 Å². The van der Waals surface area contributed by atoms with Gasteiger partial charge < -0.3 is 15.1 Å². The molecule has 200 valence electrons. The second-order valence-electron chi connectivity index (χ2n) is 8.85. The number of hydrogen-bond acceptors (Lipinski definition) is 6. The summed E-state index contributed by atoms with van der Waals surface area (Å²) in [7, 11) is 2.05. The van der Waals surface area contributed by atoms with Gasteiger partial charge in [0.25, 0.3) is 0 Å². The number of halogens is 6. The number of likely N-dealkylation sites (N-methyl/N-ethyl adjacent to an activating group) is 1. The molecule has 0 radical (unpaired) electrons. The molecule has 4 aromatic rings. The van der Waals surface area contributed by atoms with E-state index in [1.54, 1.807) is 12.3 Å². The molecule has 1 aliphatic heterocycles. The van der Waals surface area contributed by atoms with Crippen molar-refractivity contribution in [3.8, 4) is 11.1 Å². The second kappa shape index (κ2) is 11.4. The second-order valence-corrected chi connectivity index (χ2v) is 10.3.